The Hall–Kier alpha value is -1.51. The van der Waals surface area contributed by atoms with E-state index in [9.17, 15) is 26.4 Å². The Morgan fingerprint density at radius 1 is 1.14 bits per heavy atom. The number of likely N-dealkylation sites (tertiary alicyclic amines) is 3. The summed E-state index contributed by atoms with van der Waals surface area (Å²) < 4.78 is 51.8. The highest BCUT2D eigenvalue weighted by Gasteiger charge is 2.37. The summed E-state index contributed by atoms with van der Waals surface area (Å²) in [6, 6.07) is 2.44. The molecule has 0 aromatic carbocycles. The van der Waals surface area contributed by atoms with Gasteiger partial charge >= 0.3 is 0 Å². The minimum atomic E-state index is -3.87. The quantitative estimate of drug-likeness (QED) is 0.459. The van der Waals surface area contributed by atoms with Crippen molar-refractivity contribution in [2.45, 2.75) is 49.4 Å². The Morgan fingerprint density at radius 2 is 1.89 bits per heavy atom. The van der Waals surface area contributed by atoms with Gasteiger partial charge in [-0.05, 0) is 56.9 Å². The second-order valence-corrected chi connectivity index (χ2v) is 15.6. The fraction of sp³-hybridized carbons (Fsp3) is 0.652. The van der Waals surface area contributed by atoms with E-state index in [4.69, 9.17) is 11.6 Å². The van der Waals surface area contributed by atoms with Crippen molar-refractivity contribution in [3.8, 4) is 0 Å². The maximum absolute atomic E-state index is 13.2. The largest absolute Gasteiger partial charge is 0.337 e. The third kappa shape index (κ3) is 7.54. The Balaban J connectivity index is 1.32. The van der Waals surface area contributed by atoms with E-state index in [0.717, 1.165) is 18.2 Å². The molecule has 1 unspecified atom stereocenters. The molecular weight excluding hydrogens is 560 g/mol. The van der Waals surface area contributed by atoms with Gasteiger partial charge in [0.2, 0.25) is 21.8 Å². The smallest absolute Gasteiger partial charge is 0.242 e. The van der Waals surface area contributed by atoms with E-state index in [2.05, 4.69) is 9.62 Å². The molecule has 3 saturated heterocycles. The zero-order valence-electron chi connectivity index (χ0n) is 20.7. The minimum absolute atomic E-state index is 0.0177. The van der Waals surface area contributed by atoms with Gasteiger partial charge in [0.25, 0.3) is 0 Å². The molecule has 3 aliphatic rings. The van der Waals surface area contributed by atoms with Crippen LogP contribution in [0.5, 0.6) is 0 Å². The second kappa shape index (κ2) is 11.7. The molecule has 3 atom stereocenters. The van der Waals surface area contributed by atoms with E-state index in [0.29, 0.717) is 61.2 Å². The fourth-order valence-corrected chi connectivity index (χ4v) is 8.32. The van der Waals surface area contributed by atoms with Gasteiger partial charge in [0, 0.05) is 48.8 Å². The fourth-order valence-electron chi connectivity index (χ4n) is 5.24. The lowest BCUT2D eigenvalue weighted by Crippen LogP contribution is -2.55. The number of nitrogens with one attached hydrogen (secondary N) is 1. The molecule has 10 nitrogen and oxygen atoms in total. The summed E-state index contributed by atoms with van der Waals surface area (Å²) in [5.74, 6) is -0.560. The second-order valence-electron chi connectivity index (χ2n) is 9.95. The third-order valence-corrected chi connectivity index (χ3v) is 11.1. The van der Waals surface area contributed by atoms with Crippen LogP contribution in [0.4, 0.5) is 0 Å². The van der Waals surface area contributed by atoms with Gasteiger partial charge < -0.3 is 9.80 Å². The van der Waals surface area contributed by atoms with Crippen LogP contribution in [0.15, 0.2) is 17.5 Å². The molecule has 0 radical (unpaired) electrons. The summed E-state index contributed by atoms with van der Waals surface area (Å²) in [6.45, 7) is 2.70. The van der Waals surface area contributed by atoms with Crippen LogP contribution in [0.25, 0.3) is 6.08 Å². The van der Waals surface area contributed by atoms with Gasteiger partial charge in [-0.25, -0.2) is 16.8 Å². The zero-order chi connectivity index (χ0) is 26.8. The number of amides is 2. The highest BCUT2D eigenvalue weighted by molar-refractivity contribution is 7.92. The lowest BCUT2D eigenvalue weighted by atomic mass is 10.1. The third-order valence-electron chi connectivity index (χ3n) is 7.17. The van der Waals surface area contributed by atoms with Crippen LogP contribution < -0.4 is 4.72 Å². The average Bonchev–Trinajstić information content (AvgIpc) is 3.56. The van der Waals surface area contributed by atoms with Crippen LogP contribution in [-0.2, 0) is 29.4 Å². The van der Waals surface area contributed by atoms with E-state index >= 15 is 0 Å². The molecule has 37 heavy (non-hydrogen) atoms. The molecule has 3 fully saturated rings. The first kappa shape index (κ1) is 28.5. The van der Waals surface area contributed by atoms with Crippen molar-refractivity contribution in [1.29, 1.82) is 0 Å². The van der Waals surface area contributed by atoms with Gasteiger partial charge in [-0.3, -0.25) is 14.5 Å². The maximum Gasteiger partial charge on any atom is 0.242 e. The average molecular weight is 593 g/mol. The molecule has 1 aromatic heterocycles. The number of carbonyl (C=O) groups excluding carboxylic acids is 2. The van der Waals surface area contributed by atoms with E-state index in [-0.39, 0.29) is 23.7 Å². The maximum atomic E-state index is 13.2. The van der Waals surface area contributed by atoms with Crippen LogP contribution in [-0.4, -0.2) is 106 Å². The van der Waals surface area contributed by atoms with Crippen LogP contribution in [0, 0.1) is 0 Å². The first-order chi connectivity index (χ1) is 17.4. The van der Waals surface area contributed by atoms with E-state index in [1.165, 1.54) is 28.6 Å². The standard InChI is InChI=1S/C23H33ClN4O6S3/c1-36(31,32)19-8-12-26(15-19)14-17-4-2-11-28(17)22(29)16-27-10-3-5-20(23(27)30)25-37(33,34)13-9-18-6-7-21(24)35-18/h6-7,9,13,17,19-20,25H,2-5,8,10-12,14-16H2,1H3/t17-,19?,20-/m0/s1. The van der Waals surface area contributed by atoms with Gasteiger partial charge in [0.05, 0.1) is 16.1 Å². The molecule has 0 aliphatic carbocycles. The molecule has 0 bridgehead atoms. The van der Waals surface area contributed by atoms with E-state index in [1.807, 2.05) is 0 Å². The minimum Gasteiger partial charge on any atom is -0.337 e. The molecule has 1 N–H and O–H groups in total. The van der Waals surface area contributed by atoms with Crippen molar-refractivity contribution in [1.82, 2.24) is 19.4 Å². The number of hydrogen-bond donors (Lipinski definition) is 1. The van der Waals surface area contributed by atoms with Crippen molar-refractivity contribution in [3.05, 3.63) is 26.8 Å². The highest BCUT2D eigenvalue weighted by atomic mass is 35.5. The topological polar surface area (TPSA) is 124 Å². The number of hydrogen-bond acceptors (Lipinski definition) is 8. The van der Waals surface area contributed by atoms with E-state index in [1.54, 1.807) is 17.0 Å². The Bertz CT molecular complexity index is 1250. The van der Waals surface area contributed by atoms with Crippen LogP contribution in [0.2, 0.25) is 4.34 Å². The zero-order valence-corrected chi connectivity index (χ0v) is 23.9. The molecular formula is C23H33ClN4O6S3. The predicted octanol–water partition coefficient (Wildman–Crippen LogP) is 1.39. The Labute approximate surface area is 227 Å². The highest BCUT2D eigenvalue weighted by Crippen LogP contribution is 2.24. The number of piperidine rings is 1. The number of nitrogens with zero attached hydrogens (tertiary/aromatic N) is 3. The van der Waals surface area contributed by atoms with Crippen LogP contribution in [0.3, 0.4) is 0 Å². The number of carbonyl (C=O) groups is 2. The lowest BCUT2D eigenvalue weighted by molar-refractivity contribution is -0.143. The predicted molar refractivity (Wildman–Crippen MR) is 144 cm³/mol. The summed E-state index contributed by atoms with van der Waals surface area (Å²) in [6.07, 6.45) is 5.95. The Kier molecular flexibility index (Phi) is 9.01. The van der Waals surface area contributed by atoms with Crippen LogP contribution >= 0.6 is 22.9 Å². The molecule has 0 spiro atoms. The molecule has 4 heterocycles. The van der Waals surface area contributed by atoms with Crippen molar-refractivity contribution in [2.75, 3.05) is 45.5 Å². The van der Waals surface area contributed by atoms with Crippen LogP contribution in [0.1, 0.15) is 37.0 Å². The molecule has 206 valence electrons. The number of halogens is 1. The normalized spacial score (nSPS) is 26.0. The monoisotopic (exact) mass is 592 g/mol. The van der Waals surface area contributed by atoms with Gasteiger partial charge in [0.1, 0.15) is 6.04 Å². The van der Waals surface area contributed by atoms with Crippen molar-refractivity contribution >= 4 is 60.7 Å². The number of sulfonamides is 1. The molecule has 0 saturated carbocycles. The first-order valence-electron chi connectivity index (χ1n) is 12.4. The van der Waals surface area contributed by atoms with Crippen molar-refractivity contribution < 1.29 is 26.4 Å². The molecule has 14 heteroatoms. The van der Waals surface area contributed by atoms with E-state index < -0.39 is 31.8 Å². The van der Waals surface area contributed by atoms with Gasteiger partial charge in [-0.15, -0.1) is 11.3 Å². The summed E-state index contributed by atoms with van der Waals surface area (Å²) in [4.78, 5) is 32.2. The molecule has 4 rings (SSSR count). The van der Waals surface area contributed by atoms with Gasteiger partial charge in [-0.1, -0.05) is 11.6 Å². The number of rotatable bonds is 9. The number of thiophene rings is 1. The molecule has 1 aromatic rings. The van der Waals surface area contributed by atoms with Gasteiger partial charge in [-0.2, -0.15) is 4.72 Å². The summed E-state index contributed by atoms with van der Waals surface area (Å²) in [5.41, 5.74) is 0. The SMILES string of the molecule is CS(=O)(=O)C1CCN(C[C@@H]2CCCN2C(=O)CN2CCC[C@H](NS(=O)(=O)C=Cc3ccc(Cl)s3)C2=O)C1. The van der Waals surface area contributed by atoms with Crippen molar-refractivity contribution in [3.63, 3.8) is 0 Å². The summed E-state index contributed by atoms with van der Waals surface area (Å²) in [5, 5.41) is 0.663. The Morgan fingerprint density at radius 3 is 2.57 bits per heavy atom. The first-order valence-corrected chi connectivity index (χ1v) is 17.1. The summed E-state index contributed by atoms with van der Waals surface area (Å²) in [7, 11) is -6.95. The van der Waals surface area contributed by atoms with Gasteiger partial charge in [0.15, 0.2) is 9.84 Å². The molecule has 2 amide bonds. The lowest BCUT2D eigenvalue weighted by Gasteiger charge is -2.34. The summed E-state index contributed by atoms with van der Waals surface area (Å²) >= 11 is 7.12. The van der Waals surface area contributed by atoms with Crippen molar-refractivity contribution in [2.24, 2.45) is 0 Å². The number of sulfone groups is 1. The molecule has 3 aliphatic heterocycles.